The van der Waals surface area contributed by atoms with Crippen LogP contribution < -0.4 is 10.1 Å². The van der Waals surface area contributed by atoms with Crippen LogP contribution in [0.3, 0.4) is 0 Å². The minimum absolute atomic E-state index is 0.128. The molecule has 0 atom stereocenters. The van der Waals surface area contributed by atoms with Crippen LogP contribution in [0.4, 0.5) is 0 Å². The molecule has 0 aliphatic heterocycles. The number of benzene rings is 1. The van der Waals surface area contributed by atoms with Crippen LogP contribution in [0.25, 0.3) is 0 Å². The van der Waals surface area contributed by atoms with E-state index in [0.717, 1.165) is 17.6 Å². The van der Waals surface area contributed by atoms with Crippen LogP contribution in [0.1, 0.15) is 12.0 Å². The summed E-state index contributed by atoms with van der Waals surface area (Å²) in [6, 6.07) is 7.63. The fraction of sp³-hybridized carbons (Fsp3) is 0.438. The summed E-state index contributed by atoms with van der Waals surface area (Å²) in [6.07, 6.45) is 3.46. The third-order valence-electron chi connectivity index (χ3n) is 3.28. The van der Waals surface area contributed by atoms with Gasteiger partial charge in [-0.15, -0.1) is 6.58 Å². The van der Waals surface area contributed by atoms with Crippen molar-refractivity contribution >= 4 is 15.9 Å². The average molecular weight is 340 g/mol. The quantitative estimate of drug-likeness (QED) is 0.649. The molecule has 0 aliphatic rings. The number of hydrogen-bond donors (Lipinski definition) is 1. The lowest BCUT2D eigenvalue weighted by Gasteiger charge is -2.17. The maximum absolute atomic E-state index is 11.8. The Morgan fingerprint density at radius 2 is 2.00 bits per heavy atom. The van der Waals surface area contributed by atoms with Crippen molar-refractivity contribution in [1.82, 2.24) is 9.62 Å². The summed E-state index contributed by atoms with van der Waals surface area (Å²) in [5, 5.41) is 2.79. The van der Waals surface area contributed by atoms with Gasteiger partial charge in [-0.05, 0) is 24.1 Å². The third-order valence-corrected chi connectivity index (χ3v) is 4.55. The first-order chi connectivity index (χ1) is 10.9. The van der Waals surface area contributed by atoms with E-state index in [1.807, 2.05) is 24.3 Å². The van der Waals surface area contributed by atoms with E-state index in [0.29, 0.717) is 13.0 Å². The van der Waals surface area contributed by atoms with Crippen LogP contribution in [0.5, 0.6) is 5.75 Å². The second-order valence-corrected chi connectivity index (χ2v) is 7.09. The molecule has 1 rings (SSSR count). The fourth-order valence-electron chi connectivity index (χ4n) is 1.99. The standard InChI is InChI=1S/C16H24N2O4S/c1-4-12-18(23(3,20)21)13-10-16(19)17-11-9-14-5-7-15(22-2)8-6-14/h4-8H,1,9-13H2,2-3H3,(H,17,19). The predicted octanol–water partition coefficient (Wildman–Crippen LogP) is 1.19. The van der Waals surface area contributed by atoms with Gasteiger partial charge in [-0.1, -0.05) is 18.2 Å². The van der Waals surface area contributed by atoms with Crippen LogP contribution in [-0.2, 0) is 21.2 Å². The molecule has 0 saturated carbocycles. The Morgan fingerprint density at radius 3 is 2.52 bits per heavy atom. The molecular weight excluding hydrogens is 316 g/mol. The number of rotatable bonds is 10. The maximum Gasteiger partial charge on any atom is 0.221 e. The Labute approximate surface area is 138 Å². The molecule has 1 aromatic carbocycles. The highest BCUT2D eigenvalue weighted by molar-refractivity contribution is 7.88. The molecule has 23 heavy (non-hydrogen) atoms. The molecule has 1 amide bonds. The van der Waals surface area contributed by atoms with Crippen molar-refractivity contribution in [2.24, 2.45) is 0 Å². The van der Waals surface area contributed by atoms with Crippen molar-refractivity contribution < 1.29 is 17.9 Å². The molecule has 0 spiro atoms. The lowest BCUT2D eigenvalue weighted by molar-refractivity contribution is -0.121. The number of nitrogens with zero attached hydrogens (tertiary/aromatic N) is 1. The summed E-state index contributed by atoms with van der Waals surface area (Å²) >= 11 is 0. The van der Waals surface area contributed by atoms with E-state index in [1.165, 1.54) is 10.4 Å². The van der Waals surface area contributed by atoms with Crippen LogP contribution in [0, 0.1) is 0 Å². The van der Waals surface area contributed by atoms with Gasteiger partial charge in [0, 0.05) is 26.1 Å². The Bertz CT molecular complexity index is 611. The number of sulfonamides is 1. The van der Waals surface area contributed by atoms with Crippen molar-refractivity contribution in [1.29, 1.82) is 0 Å². The number of methoxy groups -OCH3 is 1. The molecule has 128 valence electrons. The number of ether oxygens (including phenoxy) is 1. The third kappa shape index (κ3) is 7.30. The fourth-order valence-corrected chi connectivity index (χ4v) is 2.79. The molecule has 0 radical (unpaired) electrons. The van der Waals surface area contributed by atoms with E-state index < -0.39 is 10.0 Å². The lowest BCUT2D eigenvalue weighted by atomic mass is 10.1. The molecule has 0 aliphatic carbocycles. The van der Waals surface area contributed by atoms with Gasteiger partial charge in [-0.25, -0.2) is 8.42 Å². The van der Waals surface area contributed by atoms with E-state index >= 15 is 0 Å². The summed E-state index contributed by atoms with van der Waals surface area (Å²) in [6.45, 7) is 4.38. The molecule has 0 fully saturated rings. The number of nitrogens with one attached hydrogen (secondary N) is 1. The minimum atomic E-state index is -3.32. The molecule has 0 bridgehead atoms. The Balaban J connectivity index is 2.34. The second kappa shape index (κ2) is 9.32. The Morgan fingerprint density at radius 1 is 1.35 bits per heavy atom. The van der Waals surface area contributed by atoms with E-state index in [-0.39, 0.29) is 25.4 Å². The van der Waals surface area contributed by atoms with Crippen LogP contribution in [0.15, 0.2) is 36.9 Å². The number of amides is 1. The van der Waals surface area contributed by atoms with Crippen LogP contribution in [0.2, 0.25) is 0 Å². The van der Waals surface area contributed by atoms with Crippen molar-refractivity contribution in [2.75, 3.05) is 33.0 Å². The van der Waals surface area contributed by atoms with Gasteiger partial charge in [0.1, 0.15) is 5.75 Å². The number of hydrogen-bond acceptors (Lipinski definition) is 4. The molecule has 0 unspecified atom stereocenters. The first-order valence-electron chi connectivity index (χ1n) is 7.32. The zero-order chi connectivity index (χ0) is 17.3. The van der Waals surface area contributed by atoms with Gasteiger partial charge in [0.05, 0.1) is 13.4 Å². The zero-order valence-corrected chi connectivity index (χ0v) is 14.4. The van der Waals surface area contributed by atoms with Crippen LogP contribution >= 0.6 is 0 Å². The highest BCUT2D eigenvalue weighted by Crippen LogP contribution is 2.11. The summed E-state index contributed by atoms with van der Waals surface area (Å²) < 4.78 is 29.4. The molecule has 6 nitrogen and oxygen atoms in total. The summed E-state index contributed by atoms with van der Waals surface area (Å²) in [4.78, 5) is 11.8. The van der Waals surface area contributed by atoms with E-state index in [1.54, 1.807) is 7.11 Å². The number of carbonyl (C=O) groups excluding carboxylic acids is 1. The predicted molar refractivity (Wildman–Crippen MR) is 90.9 cm³/mol. The first kappa shape index (κ1) is 19.2. The van der Waals surface area contributed by atoms with Gasteiger partial charge in [-0.3, -0.25) is 4.79 Å². The van der Waals surface area contributed by atoms with Crippen LogP contribution in [-0.4, -0.2) is 51.6 Å². The average Bonchev–Trinajstić information content (AvgIpc) is 2.51. The van der Waals surface area contributed by atoms with Crippen molar-refractivity contribution in [3.63, 3.8) is 0 Å². The van der Waals surface area contributed by atoms with Gasteiger partial charge in [0.15, 0.2) is 0 Å². The molecule has 0 aromatic heterocycles. The Hall–Kier alpha value is -1.86. The minimum Gasteiger partial charge on any atom is -0.497 e. The second-order valence-electron chi connectivity index (χ2n) is 5.11. The summed E-state index contributed by atoms with van der Waals surface area (Å²) in [5.74, 6) is 0.622. The van der Waals surface area contributed by atoms with Gasteiger partial charge in [-0.2, -0.15) is 4.31 Å². The van der Waals surface area contributed by atoms with Gasteiger partial charge in [0.25, 0.3) is 0 Å². The summed E-state index contributed by atoms with van der Waals surface area (Å²) in [7, 11) is -1.71. The molecule has 0 heterocycles. The van der Waals surface area contributed by atoms with Gasteiger partial charge >= 0.3 is 0 Å². The van der Waals surface area contributed by atoms with E-state index in [9.17, 15) is 13.2 Å². The molecule has 1 aromatic rings. The normalized spacial score (nSPS) is 11.3. The Kier molecular flexibility index (Phi) is 7.77. The van der Waals surface area contributed by atoms with Gasteiger partial charge in [0.2, 0.25) is 15.9 Å². The van der Waals surface area contributed by atoms with Gasteiger partial charge < -0.3 is 10.1 Å². The van der Waals surface area contributed by atoms with E-state index in [4.69, 9.17) is 4.74 Å². The highest BCUT2D eigenvalue weighted by Gasteiger charge is 2.15. The first-order valence-corrected chi connectivity index (χ1v) is 9.17. The highest BCUT2D eigenvalue weighted by atomic mass is 32.2. The maximum atomic E-state index is 11.8. The molecular formula is C16H24N2O4S. The van der Waals surface area contributed by atoms with Crippen molar-refractivity contribution in [2.45, 2.75) is 12.8 Å². The smallest absolute Gasteiger partial charge is 0.221 e. The molecule has 1 N–H and O–H groups in total. The monoisotopic (exact) mass is 340 g/mol. The van der Waals surface area contributed by atoms with E-state index in [2.05, 4.69) is 11.9 Å². The number of carbonyl (C=O) groups is 1. The zero-order valence-electron chi connectivity index (χ0n) is 13.6. The molecule has 7 heteroatoms. The summed E-state index contributed by atoms with van der Waals surface area (Å²) in [5.41, 5.74) is 1.09. The lowest BCUT2D eigenvalue weighted by Crippen LogP contribution is -2.35. The van der Waals surface area contributed by atoms with Crippen molar-refractivity contribution in [3.8, 4) is 5.75 Å². The SMILES string of the molecule is C=CCN(CCC(=O)NCCc1ccc(OC)cc1)S(C)(=O)=O. The topological polar surface area (TPSA) is 75.7 Å². The largest absolute Gasteiger partial charge is 0.497 e. The van der Waals surface area contributed by atoms with Crippen molar-refractivity contribution in [3.05, 3.63) is 42.5 Å². The molecule has 0 saturated heterocycles.